The molecule has 4 N–H and O–H groups in total. The van der Waals surface area contributed by atoms with E-state index in [-0.39, 0.29) is 112 Å². The van der Waals surface area contributed by atoms with Crippen LogP contribution >= 0.6 is 0 Å². The fourth-order valence-electron chi connectivity index (χ4n) is 2.38. The zero-order valence-corrected chi connectivity index (χ0v) is 22.9. The van der Waals surface area contributed by atoms with Crippen LogP contribution in [0.5, 0.6) is 0 Å². The molecule has 0 unspecified atom stereocenters. The van der Waals surface area contributed by atoms with E-state index in [2.05, 4.69) is 10.6 Å². The third-order valence-corrected chi connectivity index (χ3v) is 3.82. The van der Waals surface area contributed by atoms with E-state index < -0.39 is 49.4 Å². The summed E-state index contributed by atoms with van der Waals surface area (Å²) in [6, 6.07) is 0. The average molecular weight is 497 g/mol. The molecule has 0 aliphatic heterocycles. The molecular weight excluding hydrogens is 469 g/mol. The number of hydrogen-bond acceptors (Lipinski definition) is 11. The van der Waals surface area contributed by atoms with Crippen molar-refractivity contribution in [3.8, 4) is 0 Å². The number of carboxylic acids is 3. The van der Waals surface area contributed by atoms with Crippen molar-refractivity contribution in [2.45, 2.75) is 0 Å². The first-order valence-electron chi connectivity index (χ1n) is 8.75. The van der Waals surface area contributed by atoms with Crippen molar-refractivity contribution in [2.75, 3.05) is 73.0 Å². The monoisotopic (exact) mass is 497 g/mol. The number of nitrogens with one attached hydrogen (secondary N) is 2. The number of rotatable bonds is 16. The largest absolute Gasteiger partial charge is 2.00 e. The Bertz CT molecular complexity index is 558. The summed E-state index contributed by atoms with van der Waals surface area (Å²) in [5.41, 5.74) is 0. The molecule has 0 radical (unpaired) electrons. The van der Waals surface area contributed by atoms with E-state index in [9.17, 15) is 39.3 Å². The second kappa shape index (κ2) is 22.3. The van der Waals surface area contributed by atoms with Crippen LogP contribution in [0.15, 0.2) is 0 Å². The SMILES string of the molecule is CNC(=O)CN(CCN(CCN(CC(=O)[O-])CC(=O)NC)CC(=O)[O-])CC(=O)[O-].O.[Ca+2].[Na+]. The molecule has 0 saturated heterocycles. The number of carbonyl (C=O) groups is 5. The molecule has 0 saturated carbocycles. The van der Waals surface area contributed by atoms with Gasteiger partial charge in [0.15, 0.2) is 0 Å². The van der Waals surface area contributed by atoms with Crippen LogP contribution in [0.3, 0.4) is 0 Å². The second-order valence-corrected chi connectivity index (χ2v) is 6.16. The van der Waals surface area contributed by atoms with Crippen molar-refractivity contribution < 1.29 is 74.3 Å². The third-order valence-electron chi connectivity index (χ3n) is 3.82. The maximum absolute atomic E-state index is 11.5. The molecule has 0 rings (SSSR count). The molecule has 0 bridgehead atoms. The van der Waals surface area contributed by atoms with Crippen LogP contribution in [0.4, 0.5) is 0 Å². The molecule has 0 aromatic heterocycles. The molecule has 0 spiro atoms. The molecule has 0 fully saturated rings. The smallest absolute Gasteiger partial charge is 0.549 e. The van der Waals surface area contributed by atoms with E-state index in [0.29, 0.717) is 0 Å². The Kier molecular flexibility index (Phi) is 26.9. The first-order chi connectivity index (χ1) is 13.6. The number of carbonyl (C=O) groups excluding carboxylic acids is 5. The Balaban J connectivity index is -0.00000131. The van der Waals surface area contributed by atoms with Crippen molar-refractivity contribution in [3.63, 3.8) is 0 Å². The van der Waals surface area contributed by atoms with Crippen molar-refractivity contribution in [1.82, 2.24) is 25.3 Å². The summed E-state index contributed by atoms with van der Waals surface area (Å²) in [4.78, 5) is 59.6. The van der Waals surface area contributed by atoms with Crippen LogP contribution in [-0.4, -0.2) is 161 Å². The molecule has 16 heteroatoms. The Labute approximate surface area is 238 Å². The van der Waals surface area contributed by atoms with Gasteiger partial charge in [0.1, 0.15) is 0 Å². The maximum Gasteiger partial charge on any atom is 2.00 e. The standard InChI is InChI=1S/C16H29N5O8.Ca.Na.H2O/c1-17-12(22)7-20(10-15(26)27)5-3-19(9-14(24)25)4-6-21(11-16(28)29)8-13(23)18-2;;;/h3-11H2,1-2H3,(H,17,22)(H,18,23)(H,24,25)(H,26,27)(H,28,29);;;1H2/q;+2;+1;/p-3. The Morgan fingerprint density at radius 2 is 0.844 bits per heavy atom. The first kappa shape index (κ1) is 38.7. The summed E-state index contributed by atoms with van der Waals surface area (Å²) in [6.07, 6.45) is 0. The van der Waals surface area contributed by atoms with Gasteiger partial charge in [-0.2, -0.15) is 0 Å². The van der Waals surface area contributed by atoms with Crippen molar-refractivity contribution in [1.29, 1.82) is 0 Å². The summed E-state index contributed by atoms with van der Waals surface area (Å²) < 4.78 is 0. The van der Waals surface area contributed by atoms with Gasteiger partial charge in [-0.3, -0.25) is 24.3 Å². The van der Waals surface area contributed by atoms with Gasteiger partial charge in [-0.25, -0.2) is 0 Å². The molecule has 32 heavy (non-hydrogen) atoms. The molecular formula is C16H28CaN5NaO9. The summed E-state index contributed by atoms with van der Waals surface area (Å²) in [5, 5.41) is 37.4. The Morgan fingerprint density at radius 1 is 0.594 bits per heavy atom. The quantitative estimate of drug-likeness (QED) is 0.191. The molecule has 2 amide bonds. The fourth-order valence-corrected chi connectivity index (χ4v) is 2.38. The van der Waals surface area contributed by atoms with Crippen molar-refractivity contribution in [2.24, 2.45) is 0 Å². The van der Waals surface area contributed by atoms with Crippen LogP contribution in [-0.2, 0) is 24.0 Å². The van der Waals surface area contributed by atoms with Gasteiger partial charge in [0.2, 0.25) is 11.8 Å². The number of carboxylic acid groups (broad SMARTS) is 3. The molecule has 0 aromatic rings. The predicted molar refractivity (Wildman–Crippen MR) is 102 cm³/mol. The van der Waals surface area contributed by atoms with Gasteiger partial charge >= 0.3 is 67.3 Å². The average Bonchev–Trinajstić information content (AvgIpc) is 2.61. The first-order valence-corrected chi connectivity index (χ1v) is 8.75. The Hall–Kier alpha value is -0.550. The number of hydrogen-bond donors (Lipinski definition) is 2. The van der Waals surface area contributed by atoms with E-state index in [1.807, 2.05) is 0 Å². The molecule has 0 heterocycles. The molecule has 0 aliphatic rings. The van der Waals surface area contributed by atoms with E-state index in [1.54, 1.807) is 0 Å². The fraction of sp³-hybridized carbons (Fsp3) is 0.688. The minimum Gasteiger partial charge on any atom is -0.549 e. The minimum atomic E-state index is -1.40. The number of likely N-dealkylation sites (N-methyl/N-ethyl adjacent to an activating group) is 2. The normalized spacial score (nSPS) is 9.91. The molecule has 0 aliphatic carbocycles. The molecule has 0 aromatic carbocycles. The van der Waals surface area contributed by atoms with Gasteiger partial charge in [0.25, 0.3) is 0 Å². The van der Waals surface area contributed by atoms with E-state index in [4.69, 9.17) is 0 Å². The predicted octanol–water partition coefficient (Wildman–Crippen LogP) is -11.6. The zero-order valence-electron chi connectivity index (χ0n) is 18.7. The minimum absolute atomic E-state index is 0. The number of aliphatic carboxylic acids is 3. The van der Waals surface area contributed by atoms with Crippen molar-refractivity contribution in [3.05, 3.63) is 0 Å². The zero-order chi connectivity index (χ0) is 22.4. The molecule has 0 atom stereocenters. The summed E-state index contributed by atoms with van der Waals surface area (Å²) in [6.45, 7) is -1.84. The van der Waals surface area contributed by atoms with Crippen LogP contribution < -0.4 is 55.5 Å². The van der Waals surface area contributed by atoms with E-state index >= 15 is 0 Å². The topological polar surface area (TPSA) is 220 Å². The Morgan fingerprint density at radius 3 is 1.09 bits per heavy atom. The summed E-state index contributed by atoms with van der Waals surface area (Å²) in [5.74, 6) is -5.04. The number of nitrogens with zero attached hydrogens (tertiary/aromatic N) is 3. The van der Waals surface area contributed by atoms with Gasteiger partial charge < -0.3 is 45.8 Å². The van der Waals surface area contributed by atoms with Crippen LogP contribution in [0.25, 0.3) is 0 Å². The van der Waals surface area contributed by atoms with Gasteiger partial charge in [0, 0.05) is 59.9 Å². The molecule has 174 valence electrons. The van der Waals surface area contributed by atoms with E-state index in [0.717, 1.165) is 0 Å². The van der Waals surface area contributed by atoms with Gasteiger partial charge in [-0.1, -0.05) is 0 Å². The van der Waals surface area contributed by atoms with Gasteiger partial charge in [-0.05, 0) is 0 Å². The third kappa shape index (κ3) is 21.3. The van der Waals surface area contributed by atoms with E-state index in [1.165, 1.54) is 28.8 Å². The van der Waals surface area contributed by atoms with Gasteiger partial charge in [0.05, 0.1) is 31.0 Å². The van der Waals surface area contributed by atoms with Crippen molar-refractivity contribution >= 4 is 67.5 Å². The second-order valence-electron chi connectivity index (χ2n) is 6.16. The summed E-state index contributed by atoms with van der Waals surface area (Å²) >= 11 is 0. The maximum atomic E-state index is 11.5. The van der Waals surface area contributed by atoms with Crippen LogP contribution in [0.1, 0.15) is 0 Å². The van der Waals surface area contributed by atoms with Crippen LogP contribution in [0, 0.1) is 0 Å². The summed E-state index contributed by atoms with van der Waals surface area (Å²) in [7, 11) is 2.78. The van der Waals surface area contributed by atoms with Crippen LogP contribution in [0.2, 0.25) is 0 Å². The van der Waals surface area contributed by atoms with Gasteiger partial charge in [-0.15, -0.1) is 0 Å². The number of amides is 2. The molecule has 14 nitrogen and oxygen atoms in total.